The Bertz CT molecular complexity index is 433. The van der Waals surface area contributed by atoms with Crippen molar-refractivity contribution in [3.8, 4) is 0 Å². The highest BCUT2D eigenvalue weighted by atomic mass is 35.5. The van der Waals surface area contributed by atoms with Crippen molar-refractivity contribution in [1.82, 2.24) is 0 Å². The number of carbonyl (C=O) groups is 1. The van der Waals surface area contributed by atoms with Crippen molar-refractivity contribution in [3.63, 3.8) is 0 Å². The van der Waals surface area contributed by atoms with Crippen molar-refractivity contribution in [2.45, 2.75) is 19.3 Å². The van der Waals surface area contributed by atoms with Crippen molar-refractivity contribution in [1.29, 1.82) is 0 Å². The van der Waals surface area contributed by atoms with Gasteiger partial charge in [-0.3, -0.25) is 4.79 Å². The van der Waals surface area contributed by atoms with Gasteiger partial charge in [0.15, 0.2) is 0 Å². The first-order chi connectivity index (χ1) is 8.65. The first kappa shape index (κ1) is 13.2. The average molecular weight is 269 g/mol. The molecular formula is C13H17ClN2O2. The summed E-state index contributed by atoms with van der Waals surface area (Å²) in [5.74, 6) is 0.608. The molecule has 1 aromatic rings. The van der Waals surface area contributed by atoms with Gasteiger partial charge in [0, 0.05) is 11.6 Å². The first-order valence-electron chi connectivity index (χ1n) is 6.08. The highest BCUT2D eigenvalue weighted by molar-refractivity contribution is 6.31. The van der Waals surface area contributed by atoms with E-state index in [0.717, 1.165) is 12.5 Å². The van der Waals surface area contributed by atoms with Crippen LogP contribution in [0.4, 0.5) is 11.4 Å². The molecule has 1 saturated carbocycles. The summed E-state index contributed by atoms with van der Waals surface area (Å²) in [4.78, 5) is 11.6. The number of hydrogen-bond donors (Lipinski definition) is 2. The van der Waals surface area contributed by atoms with Crippen molar-refractivity contribution in [2.75, 3.05) is 24.3 Å². The number of benzene rings is 1. The molecule has 1 fully saturated rings. The standard InChI is InChI=1S/C13H17ClN2O2/c14-10-3-4-11(15)12(7-10)16-13(17)5-6-18-8-9-1-2-9/h3-4,7,9H,1-2,5-6,8,15H2,(H,16,17). The molecule has 5 heteroatoms. The minimum absolute atomic E-state index is 0.111. The minimum atomic E-state index is -0.111. The van der Waals surface area contributed by atoms with Crippen LogP contribution in [-0.4, -0.2) is 19.1 Å². The summed E-state index contributed by atoms with van der Waals surface area (Å²) in [6, 6.07) is 4.99. The van der Waals surface area contributed by atoms with E-state index < -0.39 is 0 Å². The number of ether oxygens (including phenoxy) is 1. The minimum Gasteiger partial charge on any atom is -0.397 e. The second kappa shape index (κ2) is 6.07. The molecule has 0 aromatic heterocycles. The van der Waals surface area contributed by atoms with Crippen molar-refractivity contribution >= 4 is 28.9 Å². The molecule has 0 unspecified atom stereocenters. The van der Waals surface area contributed by atoms with Crippen molar-refractivity contribution in [2.24, 2.45) is 5.92 Å². The fourth-order valence-electron chi connectivity index (χ4n) is 1.55. The van der Waals surface area contributed by atoms with Crippen LogP contribution in [0.3, 0.4) is 0 Å². The second-order valence-electron chi connectivity index (χ2n) is 4.55. The number of rotatable bonds is 6. The molecule has 1 aliphatic rings. The lowest BCUT2D eigenvalue weighted by atomic mass is 10.2. The predicted octanol–water partition coefficient (Wildman–Crippen LogP) is 2.68. The maximum Gasteiger partial charge on any atom is 0.226 e. The quantitative estimate of drug-likeness (QED) is 0.616. The van der Waals surface area contributed by atoms with Crippen LogP contribution < -0.4 is 11.1 Å². The summed E-state index contributed by atoms with van der Waals surface area (Å²) in [6.45, 7) is 1.22. The normalized spacial score (nSPS) is 14.5. The smallest absolute Gasteiger partial charge is 0.226 e. The number of nitrogen functional groups attached to an aromatic ring is 1. The van der Waals surface area contributed by atoms with E-state index in [0.29, 0.717) is 29.4 Å². The van der Waals surface area contributed by atoms with Gasteiger partial charge in [0.25, 0.3) is 0 Å². The molecule has 0 saturated heterocycles. The second-order valence-corrected chi connectivity index (χ2v) is 4.98. The maximum atomic E-state index is 11.6. The van der Waals surface area contributed by atoms with Crippen LogP contribution in [0.5, 0.6) is 0 Å². The molecule has 98 valence electrons. The van der Waals surface area contributed by atoms with E-state index in [4.69, 9.17) is 22.1 Å². The number of hydrogen-bond acceptors (Lipinski definition) is 3. The lowest BCUT2D eigenvalue weighted by molar-refractivity contribution is -0.117. The van der Waals surface area contributed by atoms with Crippen molar-refractivity contribution in [3.05, 3.63) is 23.2 Å². The molecule has 1 aromatic carbocycles. The largest absolute Gasteiger partial charge is 0.397 e. The third-order valence-corrected chi connectivity index (χ3v) is 3.05. The van der Waals surface area contributed by atoms with E-state index in [-0.39, 0.29) is 5.91 Å². The highest BCUT2D eigenvalue weighted by Gasteiger charge is 2.21. The monoisotopic (exact) mass is 268 g/mol. The lowest BCUT2D eigenvalue weighted by Crippen LogP contribution is -2.15. The number of amides is 1. The van der Waals surface area contributed by atoms with E-state index in [1.807, 2.05) is 0 Å². The number of nitrogens with two attached hydrogens (primary N) is 1. The number of anilines is 2. The van der Waals surface area contributed by atoms with Gasteiger partial charge in [-0.25, -0.2) is 0 Å². The van der Waals surface area contributed by atoms with Crippen LogP contribution in [0.15, 0.2) is 18.2 Å². The van der Waals surface area contributed by atoms with E-state index in [9.17, 15) is 4.79 Å². The van der Waals surface area contributed by atoms with Crippen LogP contribution in [0.2, 0.25) is 5.02 Å². The Morgan fingerprint density at radius 3 is 3.00 bits per heavy atom. The third-order valence-electron chi connectivity index (χ3n) is 2.81. The summed E-state index contributed by atoms with van der Waals surface area (Å²) in [5, 5.41) is 3.27. The van der Waals surface area contributed by atoms with Gasteiger partial charge in [-0.2, -0.15) is 0 Å². The van der Waals surface area contributed by atoms with Crippen LogP contribution in [0.25, 0.3) is 0 Å². The van der Waals surface area contributed by atoms with E-state index in [2.05, 4.69) is 5.32 Å². The Morgan fingerprint density at radius 2 is 2.28 bits per heavy atom. The van der Waals surface area contributed by atoms with E-state index in [1.54, 1.807) is 18.2 Å². The van der Waals surface area contributed by atoms with Crippen LogP contribution in [0, 0.1) is 5.92 Å². The molecule has 0 spiro atoms. The summed E-state index contributed by atoms with van der Waals surface area (Å²) >= 11 is 5.84. The Hall–Kier alpha value is -1.26. The van der Waals surface area contributed by atoms with Crippen molar-refractivity contribution < 1.29 is 9.53 Å². The third kappa shape index (κ3) is 4.20. The van der Waals surface area contributed by atoms with Gasteiger partial charge in [0.05, 0.1) is 24.4 Å². The molecule has 2 rings (SSSR count). The summed E-state index contributed by atoms with van der Waals surface area (Å²) < 4.78 is 5.40. The first-order valence-corrected chi connectivity index (χ1v) is 6.45. The average Bonchev–Trinajstić information content (AvgIpc) is 3.13. The highest BCUT2D eigenvalue weighted by Crippen LogP contribution is 2.28. The summed E-state index contributed by atoms with van der Waals surface area (Å²) in [6.07, 6.45) is 2.84. The Labute approximate surface area is 111 Å². The predicted molar refractivity (Wildman–Crippen MR) is 72.7 cm³/mol. The lowest BCUT2D eigenvalue weighted by Gasteiger charge is -2.08. The fraction of sp³-hybridized carbons (Fsp3) is 0.462. The zero-order chi connectivity index (χ0) is 13.0. The zero-order valence-corrected chi connectivity index (χ0v) is 10.9. The Morgan fingerprint density at radius 1 is 1.50 bits per heavy atom. The molecular weight excluding hydrogens is 252 g/mol. The zero-order valence-electron chi connectivity index (χ0n) is 10.1. The molecule has 0 atom stereocenters. The fourth-order valence-corrected chi connectivity index (χ4v) is 1.72. The van der Waals surface area contributed by atoms with Crippen LogP contribution in [-0.2, 0) is 9.53 Å². The molecule has 3 N–H and O–H groups in total. The Kier molecular flexibility index (Phi) is 4.44. The van der Waals surface area contributed by atoms with Gasteiger partial charge in [-0.05, 0) is 37.0 Å². The SMILES string of the molecule is Nc1ccc(Cl)cc1NC(=O)CCOCC1CC1. The molecule has 0 bridgehead atoms. The molecule has 0 heterocycles. The van der Waals surface area contributed by atoms with Crippen LogP contribution >= 0.6 is 11.6 Å². The molecule has 1 aliphatic carbocycles. The van der Waals surface area contributed by atoms with E-state index in [1.165, 1.54) is 12.8 Å². The number of halogens is 1. The molecule has 4 nitrogen and oxygen atoms in total. The topological polar surface area (TPSA) is 64.3 Å². The van der Waals surface area contributed by atoms with Gasteiger partial charge in [-0.15, -0.1) is 0 Å². The Balaban J connectivity index is 1.73. The maximum absolute atomic E-state index is 11.6. The van der Waals surface area contributed by atoms with Gasteiger partial charge < -0.3 is 15.8 Å². The van der Waals surface area contributed by atoms with Crippen LogP contribution in [0.1, 0.15) is 19.3 Å². The number of carbonyl (C=O) groups excluding carboxylic acids is 1. The number of nitrogens with one attached hydrogen (secondary N) is 1. The molecule has 0 aliphatic heterocycles. The molecule has 0 radical (unpaired) electrons. The summed E-state index contributed by atoms with van der Waals surface area (Å²) in [5.41, 5.74) is 6.79. The van der Waals surface area contributed by atoms with Gasteiger partial charge in [0.1, 0.15) is 0 Å². The summed E-state index contributed by atoms with van der Waals surface area (Å²) in [7, 11) is 0. The van der Waals surface area contributed by atoms with Gasteiger partial charge >= 0.3 is 0 Å². The van der Waals surface area contributed by atoms with Gasteiger partial charge in [-0.1, -0.05) is 11.6 Å². The van der Waals surface area contributed by atoms with Gasteiger partial charge in [0.2, 0.25) is 5.91 Å². The molecule has 18 heavy (non-hydrogen) atoms. The van der Waals surface area contributed by atoms with E-state index >= 15 is 0 Å². The molecule has 1 amide bonds.